The first-order valence-corrected chi connectivity index (χ1v) is 10.9. The van der Waals surface area contributed by atoms with Gasteiger partial charge in [0, 0.05) is 24.3 Å². The molecule has 1 aliphatic rings. The molecule has 7 nitrogen and oxygen atoms in total. The van der Waals surface area contributed by atoms with Crippen molar-refractivity contribution in [3.8, 4) is 0 Å². The number of carbonyl (C=O) groups is 2. The van der Waals surface area contributed by atoms with Crippen molar-refractivity contribution in [1.29, 1.82) is 0 Å². The molecule has 0 spiro atoms. The Kier molecular flexibility index (Phi) is 6.11. The second kappa shape index (κ2) is 8.53. The van der Waals surface area contributed by atoms with E-state index in [1.54, 1.807) is 34.1 Å². The molecule has 0 atom stereocenters. The SMILES string of the molecule is NCC(=O)c1ccc(CN(C(=O)N2CCS(=O)(=O)CC2)c2ccccc2)cc1. The lowest BCUT2D eigenvalue weighted by Crippen LogP contribution is -2.49. The van der Waals surface area contributed by atoms with Crippen molar-refractivity contribution in [2.75, 3.05) is 36.0 Å². The van der Waals surface area contributed by atoms with E-state index in [0.717, 1.165) is 11.3 Å². The predicted octanol–water partition coefficient (Wildman–Crippen LogP) is 1.69. The minimum atomic E-state index is -3.07. The molecule has 2 amide bonds. The van der Waals surface area contributed by atoms with Crippen molar-refractivity contribution in [2.24, 2.45) is 5.73 Å². The van der Waals surface area contributed by atoms with Crippen LogP contribution in [0.15, 0.2) is 54.6 Å². The number of urea groups is 1. The smallest absolute Gasteiger partial charge is 0.324 e. The van der Waals surface area contributed by atoms with Gasteiger partial charge in [0.25, 0.3) is 0 Å². The number of hydrogen-bond acceptors (Lipinski definition) is 5. The molecular formula is C20H23N3O4S. The molecule has 0 bridgehead atoms. The Morgan fingerprint density at radius 2 is 1.57 bits per heavy atom. The predicted molar refractivity (Wildman–Crippen MR) is 108 cm³/mol. The molecule has 0 saturated carbocycles. The van der Waals surface area contributed by atoms with Gasteiger partial charge in [-0.1, -0.05) is 42.5 Å². The van der Waals surface area contributed by atoms with Crippen molar-refractivity contribution in [3.05, 3.63) is 65.7 Å². The fourth-order valence-corrected chi connectivity index (χ4v) is 4.25. The Balaban J connectivity index is 1.82. The van der Waals surface area contributed by atoms with Crippen LogP contribution < -0.4 is 10.6 Å². The lowest BCUT2D eigenvalue weighted by molar-refractivity contribution is 0.100. The first-order chi connectivity index (χ1) is 13.4. The van der Waals surface area contributed by atoms with Crippen molar-refractivity contribution in [2.45, 2.75) is 6.54 Å². The number of anilines is 1. The van der Waals surface area contributed by atoms with Gasteiger partial charge in [-0.3, -0.25) is 9.69 Å². The van der Waals surface area contributed by atoms with Crippen LogP contribution in [-0.2, 0) is 16.4 Å². The highest BCUT2D eigenvalue weighted by Crippen LogP contribution is 2.20. The number of para-hydroxylation sites is 1. The van der Waals surface area contributed by atoms with Crippen molar-refractivity contribution < 1.29 is 18.0 Å². The topological polar surface area (TPSA) is 101 Å². The van der Waals surface area contributed by atoms with E-state index >= 15 is 0 Å². The van der Waals surface area contributed by atoms with Crippen LogP contribution in [0.1, 0.15) is 15.9 Å². The Morgan fingerprint density at radius 1 is 0.964 bits per heavy atom. The van der Waals surface area contributed by atoms with E-state index in [0.29, 0.717) is 12.1 Å². The Morgan fingerprint density at radius 3 is 2.14 bits per heavy atom. The number of nitrogens with zero attached hydrogens (tertiary/aromatic N) is 2. The van der Waals surface area contributed by atoms with Crippen LogP contribution in [0.4, 0.5) is 10.5 Å². The zero-order valence-corrected chi connectivity index (χ0v) is 16.3. The van der Waals surface area contributed by atoms with Gasteiger partial charge in [0.05, 0.1) is 24.6 Å². The number of hydrogen-bond donors (Lipinski definition) is 1. The third-order valence-electron chi connectivity index (χ3n) is 4.72. The highest BCUT2D eigenvalue weighted by Gasteiger charge is 2.29. The fourth-order valence-electron chi connectivity index (χ4n) is 3.05. The van der Waals surface area contributed by atoms with E-state index < -0.39 is 9.84 Å². The summed E-state index contributed by atoms with van der Waals surface area (Å²) in [5.41, 5.74) is 7.50. The third-order valence-corrected chi connectivity index (χ3v) is 6.32. The van der Waals surface area contributed by atoms with Crippen LogP contribution in [0.5, 0.6) is 0 Å². The molecule has 0 aliphatic carbocycles. The normalized spacial score (nSPS) is 15.8. The van der Waals surface area contributed by atoms with E-state index in [-0.39, 0.29) is 43.0 Å². The van der Waals surface area contributed by atoms with Gasteiger partial charge in [0.2, 0.25) is 0 Å². The quantitative estimate of drug-likeness (QED) is 0.769. The van der Waals surface area contributed by atoms with E-state index in [9.17, 15) is 18.0 Å². The van der Waals surface area contributed by atoms with Gasteiger partial charge in [-0.15, -0.1) is 0 Å². The summed E-state index contributed by atoms with van der Waals surface area (Å²) in [6.07, 6.45) is 0. The second-order valence-electron chi connectivity index (χ2n) is 6.67. The number of amides is 2. The minimum Gasteiger partial charge on any atom is -0.324 e. The van der Waals surface area contributed by atoms with Crippen LogP contribution >= 0.6 is 0 Å². The van der Waals surface area contributed by atoms with Crippen LogP contribution in [0, 0.1) is 0 Å². The molecule has 28 heavy (non-hydrogen) atoms. The highest BCUT2D eigenvalue weighted by atomic mass is 32.2. The largest absolute Gasteiger partial charge is 0.324 e. The maximum Gasteiger partial charge on any atom is 0.324 e. The molecule has 2 aromatic rings. The van der Waals surface area contributed by atoms with Crippen LogP contribution in [0.25, 0.3) is 0 Å². The first kappa shape index (κ1) is 20.0. The Hall–Kier alpha value is -2.71. The molecule has 1 heterocycles. The fraction of sp³-hybridized carbons (Fsp3) is 0.300. The molecular weight excluding hydrogens is 378 g/mol. The van der Waals surface area contributed by atoms with E-state index in [2.05, 4.69) is 0 Å². The third kappa shape index (κ3) is 4.76. The van der Waals surface area contributed by atoms with Gasteiger partial charge >= 0.3 is 6.03 Å². The molecule has 0 unspecified atom stereocenters. The van der Waals surface area contributed by atoms with Gasteiger partial charge < -0.3 is 10.6 Å². The summed E-state index contributed by atoms with van der Waals surface area (Å²) in [6.45, 7) is 0.637. The maximum absolute atomic E-state index is 13.1. The van der Waals surface area contributed by atoms with E-state index in [1.807, 2.05) is 30.3 Å². The number of sulfone groups is 1. The number of nitrogens with two attached hydrogens (primary N) is 1. The Labute approximate surface area is 164 Å². The molecule has 0 aromatic heterocycles. The molecule has 3 rings (SSSR count). The Bertz CT molecular complexity index is 929. The molecule has 2 aromatic carbocycles. The summed E-state index contributed by atoms with van der Waals surface area (Å²) in [5.74, 6) is -0.175. The van der Waals surface area contributed by atoms with Gasteiger partial charge in [-0.2, -0.15) is 0 Å². The van der Waals surface area contributed by atoms with Gasteiger partial charge in [0.15, 0.2) is 15.6 Å². The number of carbonyl (C=O) groups excluding carboxylic acids is 2. The molecule has 1 fully saturated rings. The maximum atomic E-state index is 13.1. The standard InChI is InChI=1S/C20H23N3O4S/c21-14-19(24)17-8-6-16(7-9-17)15-23(18-4-2-1-3-5-18)20(25)22-10-12-28(26,27)13-11-22/h1-9H,10-15,21H2. The molecule has 1 aliphatic heterocycles. The van der Waals surface area contributed by atoms with Gasteiger partial charge in [-0.25, -0.2) is 13.2 Å². The summed E-state index contributed by atoms with van der Waals surface area (Å²) in [5, 5.41) is 0. The zero-order valence-electron chi connectivity index (χ0n) is 15.5. The average Bonchev–Trinajstić information content (AvgIpc) is 2.72. The number of rotatable bonds is 5. The number of benzene rings is 2. The molecule has 148 valence electrons. The highest BCUT2D eigenvalue weighted by molar-refractivity contribution is 7.91. The average molecular weight is 401 g/mol. The van der Waals surface area contributed by atoms with Crippen LogP contribution in [0.3, 0.4) is 0 Å². The second-order valence-corrected chi connectivity index (χ2v) is 8.97. The summed E-state index contributed by atoms with van der Waals surface area (Å²) in [7, 11) is -3.07. The minimum absolute atomic E-state index is 0.0166. The van der Waals surface area contributed by atoms with Crippen LogP contribution in [-0.4, -0.2) is 56.3 Å². The molecule has 2 N–H and O–H groups in total. The lowest BCUT2D eigenvalue weighted by Gasteiger charge is -2.33. The van der Waals surface area contributed by atoms with Crippen LogP contribution in [0.2, 0.25) is 0 Å². The summed E-state index contributed by atoms with van der Waals surface area (Å²) >= 11 is 0. The summed E-state index contributed by atoms with van der Waals surface area (Å²) in [4.78, 5) is 28.0. The molecule has 1 saturated heterocycles. The first-order valence-electron chi connectivity index (χ1n) is 9.04. The van der Waals surface area contributed by atoms with Crippen molar-refractivity contribution in [3.63, 3.8) is 0 Å². The van der Waals surface area contributed by atoms with Crippen molar-refractivity contribution >= 4 is 27.3 Å². The van der Waals surface area contributed by atoms with Crippen molar-refractivity contribution in [1.82, 2.24) is 4.90 Å². The number of Topliss-reactive ketones (excluding diaryl/α,β-unsaturated/α-hetero) is 1. The van der Waals surface area contributed by atoms with E-state index in [1.165, 1.54) is 0 Å². The number of ketones is 1. The molecule has 0 radical (unpaired) electrons. The van der Waals surface area contributed by atoms with Gasteiger partial charge in [-0.05, 0) is 17.7 Å². The monoisotopic (exact) mass is 401 g/mol. The zero-order chi connectivity index (χ0) is 20.1. The summed E-state index contributed by atoms with van der Waals surface area (Å²) < 4.78 is 23.3. The van der Waals surface area contributed by atoms with E-state index in [4.69, 9.17) is 5.73 Å². The lowest BCUT2D eigenvalue weighted by atomic mass is 10.1. The summed E-state index contributed by atoms with van der Waals surface area (Å²) in [6, 6.07) is 16.0. The van der Waals surface area contributed by atoms with Gasteiger partial charge in [0.1, 0.15) is 0 Å². The molecule has 8 heteroatoms.